The maximum atomic E-state index is 6.25. The molecule has 2 atom stereocenters. The molecule has 4 heteroatoms. The third kappa shape index (κ3) is 3.49. The summed E-state index contributed by atoms with van der Waals surface area (Å²) < 4.78 is 16.9. The molecule has 1 heterocycles. The van der Waals surface area contributed by atoms with Crippen molar-refractivity contribution in [2.75, 3.05) is 27.8 Å². The Kier molecular flexibility index (Phi) is 4.84. The second-order valence-electron chi connectivity index (χ2n) is 5.82. The summed E-state index contributed by atoms with van der Waals surface area (Å²) >= 11 is 0. The van der Waals surface area contributed by atoms with Gasteiger partial charge in [-0.05, 0) is 30.3 Å². The van der Waals surface area contributed by atoms with E-state index < -0.39 is 0 Å². The highest BCUT2D eigenvalue weighted by molar-refractivity contribution is 5.43. The Morgan fingerprint density at radius 1 is 1.04 bits per heavy atom. The Bertz CT molecular complexity index is 644. The van der Waals surface area contributed by atoms with Gasteiger partial charge in [-0.15, -0.1) is 0 Å². The van der Waals surface area contributed by atoms with Gasteiger partial charge in [0.1, 0.15) is 6.23 Å². The first-order valence-electron chi connectivity index (χ1n) is 7.83. The Labute approximate surface area is 137 Å². The lowest BCUT2D eigenvalue weighted by molar-refractivity contribution is 0.00788. The fourth-order valence-corrected chi connectivity index (χ4v) is 2.98. The lowest BCUT2D eigenvalue weighted by Crippen LogP contribution is -2.27. The van der Waals surface area contributed by atoms with Crippen LogP contribution in [0, 0.1) is 0 Å². The molecule has 2 unspecified atom stereocenters. The molecule has 122 valence electrons. The monoisotopic (exact) mass is 313 g/mol. The van der Waals surface area contributed by atoms with Crippen LogP contribution in [-0.2, 0) is 11.2 Å². The zero-order valence-electron chi connectivity index (χ0n) is 13.9. The van der Waals surface area contributed by atoms with E-state index in [1.807, 2.05) is 18.2 Å². The Balaban J connectivity index is 1.71. The van der Waals surface area contributed by atoms with Crippen LogP contribution in [-0.4, -0.2) is 38.9 Å². The normalized spacial score (nSPS) is 21.3. The van der Waals surface area contributed by atoms with Crippen LogP contribution >= 0.6 is 0 Å². The number of benzene rings is 2. The van der Waals surface area contributed by atoms with Gasteiger partial charge in [0.05, 0.1) is 20.3 Å². The number of likely N-dealkylation sites (N-methyl/N-ethyl adjacent to an activating group) is 1. The summed E-state index contributed by atoms with van der Waals surface area (Å²) in [5.41, 5.74) is 2.40. The second-order valence-corrected chi connectivity index (χ2v) is 5.82. The third-order valence-corrected chi connectivity index (χ3v) is 4.30. The first-order valence-corrected chi connectivity index (χ1v) is 7.83. The fraction of sp³-hybridized carbons (Fsp3) is 0.368. The summed E-state index contributed by atoms with van der Waals surface area (Å²) in [4.78, 5) is 2.26. The van der Waals surface area contributed by atoms with Gasteiger partial charge in [0.2, 0.25) is 0 Å². The van der Waals surface area contributed by atoms with E-state index in [0.29, 0.717) is 0 Å². The highest BCUT2D eigenvalue weighted by Crippen LogP contribution is 2.32. The zero-order valence-corrected chi connectivity index (χ0v) is 13.9. The molecule has 2 aromatic carbocycles. The van der Waals surface area contributed by atoms with E-state index in [4.69, 9.17) is 14.2 Å². The van der Waals surface area contributed by atoms with E-state index in [0.717, 1.165) is 24.5 Å². The number of rotatable bonds is 5. The van der Waals surface area contributed by atoms with Crippen LogP contribution in [0.3, 0.4) is 0 Å². The van der Waals surface area contributed by atoms with Crippen molar-refractivity contribution in [3.05, 3.63) is 59.7 Å². The second kappa shape index (κ2) is 7.02. The Hall–Kier alpha value is -2.04. The first kappa shape index (κ1) is 15.8. The lowest BCUT2D eigenvalue weighted by atomic mass is 10.1. The van der Waals surface area contributed by atoms with Crippen LogP contribution in [0.2, 0.25) is 0 Å². The highest BCUT2D eigenvalue weighted by atomic mass is 16.5. The largest absolute Gasteiger partial charge is 0.493 e. The third-order valence-electron chi connectivity index (χ3n) is 4.30. The Morgan fingerprint density at radius 3 is 2.48 bits per heavy atom. The van der Waals surface area contributed by atoms with Gasteiger partial charge in [-0.2, -0.15) is 0 Å². The van der Waals surface area contributed by atoms with Gasteiger partial charge in [-0.25, -0.2) is 0 Å². The van der Waals surface area contributed by atoms with Crippen LogP contribution in [0.15, 0.2) is 48.5 Å². The molecular formula is C19H23NO3. The van der Waals surface area contributed by atoms with Crippen LogP contribution in [0.25, 0.3) is 0 Å². The van der Waals surface area contributed by atoms with E-state index in [-0.39, 0.29) is 12.3 Å². The van der Waals surface area contributed by atoms with Crippen molar-refractivity contribution in [2.24, 2.45) is 0 Å². The van der Waals surface area contributed by atoms with Crippen molar-refractivity contribution in [1.29, 1.82) is 0 Å². The van der Waals surface area contributed by atoms with Gasteiger partial charge >= 0.3 is 0 Å². The van der Waals surface area contributed by atoms with Gasteiger partial charge in [0.15, 0.2) is 11.5 Å². The number of nitrogens with zero attached hydrogens (tertiary/aromatic N) is 1. The smallest absolute Gasteiger partial charge is 0.160 e. The average molecular weight is 313 g/mol. The van der Waals surface area contributed by atoms with E-state index in [1.165, 1.54) is 11.1 Å². The average Bonchev–Trinajstić information content (AvgIpc) is 2.96. The summed E-state index contributed by atoms with van der Waals surface area (Å²) in [6, 6.07) is 16.4. The molecule has 1 fully saturated rings. The quantitative estimate of drug-likeness (QED) is 0.848. The van der Waals surface area contributed by atoms with Crippen molar-refractivity contribution in [2.45, 2.75) is 18.8 Å². The SMILES string of the molecule is COc1ccc(CC2OC(c3ccccc3)CN2C)cc1OC. The minimum atomic E-state index is 0.0679. The van der Waals surface area contributed by atoms with Crippen LogP contribution in [0.5, 0.6) is 11.5 Å². The van der Waals surface area contributed by atoms with Crippen LogP contribution < -0.4 is 9.47 Å². The summed E-state index contributed by atoms with van der Waals surface area (Å²) in [7, 11) is 5.41. The van der Waals surface area contributed by atoms with Gasteiger partial charge < -0.3 is 14.2 Å². The summed E-state index contributed by atoms with van der Waals surface area (Å²) in [6.07, 6.45) is 1.02. The maximum Gasteiger partial charge on any atom is 0.160 e. The lowest BCUT2D eigenvalue weighted by Gasteiger charge is -2.18. The van der Waals surface area contributed by atoms with Gasteiger partial charge in [0.25, 0.3) is 0 Å². The molecule has 0 bridgehead atoms. The molecule has 1 saturated heterocycles. The molecular weight excluding hydrogens is 290 g/mol. The molecule has 4 nitrogen and oxygen atoms in total. The predicted molar refractivity (Wildman–Crippen MR) is 89.9 cm³/mol. The predicted octanol–water partition coefficient (Wildman–Crippen LogP) is 3.28. The summed E-state index contributed by atoms with van der Waals surface area (Å²) in [6.45, 7) is 0.905. The number of hydrogen-bond donors (Lipinski definition) is 0. The van der Waals surface area contributed by atoms with Crippen molar-refractivity contribution in [3.8, 4) is 11.5 Å². The molecule has 0 aliphatic carbocycles. The molecule has 0 N–H and O–H groups in total. The summed E-state index contributed by atoms with van der Waals surface area (Å²) in [5.74, 6) is 1.50. The van der Waals surface area contributed by atoms with Gasteiger partial charge in [-0.1, -0.05) is 36.4 Å². The molecule has 0 saturated carbocycles. The van der Waals surface area contributed by atoms with Crippen molar-refractivity contribution >= 4 is 0 Å². The zero-order chi connectivity index (χ0) is 16.2. The summed E-state index contributed by atoms with van der Waals surface area (Å²) in [5, 5.41) is 0. The number of methoxy groups -OCH3 is 2. The van der Waals surface area contributed by atoms with E-state index in [9.17, 15) is 0 Å². The van der Waals surface area contributed by atoms with E-state index >= 15 is 0 Å². The van der Waals surface area contributed by atoms with Crippen LogP contribution in [0.4, 0.5) is 0 Å². The molecule has 0 aromatic heterocycles. The molecule has 0 spiro atoms. The van der Waals surface area contributed by atoms with Crippen LogP contribution in [0.1, 0.15) is 17.2 Å². The van der Waals surface area contributed by atoms with E-state index in [1.54, 1.807) is 14.2 Å². The standard InChI is InChI=1S/C19H23NO3/c1-20-13-18(15-7-5-4-6-8-15)23-19(20)12-14-9-10-16(21-2)17(11-14)22-3/h4-11,18-19H,12-13H2,1-3H3. The highest BCUT2D eigenvalue weighted by Gasteiger charge is 2.31. The van der Waals surface area contributed by atoms with Crippen molar-refractivity contribution in [3.63, 3.8) is 0 Å². The Morgan fingerprint density at radius 2 is 1.78 bits per heavy atom. The molecule has 0 amide bonds. The first-order chi connectivity index (χ1) is 11.2. The fourth-order valence-electron chi connectivity index (χ4n) is 2.98. The molecule has 2 aromatic rings. The molecule has 1 aliphatic rings. The number of ether oxygens (including phenoxy) is 3. The van der Waals surface area contributed by atoms with Gasteiger partial charge in [0, 0.05) is 13.0 Å². The van der Waals surface area contributed by atoms with Gasteiger partial charge in [-0.3, -0.25) is 4.90 Å². The van der Waals surface area contributed by atoms with E-state index in [2.05, 4.69) is 42.3 Å². The van der Waals surface area contributed by atoms with Crippen molar-refractivity contribution < 1.29 is 14.2 Å². The molecule has 23 heavy (non-hydrogen) atoms. The molecule has 0 radical (unpaired) electrons. The molecule has 3 rings (SSSR count). The molecule has 1 aliphatic heterocycles. The minimum Gasteiger partial charge on any atom is -0.493 e. The minimum absolute atomic E-state index is 0.0679. The number of hydrogen-bond acceptors (Lipinski definition) is 4. The van der Waals surface area contributed by atoms with Crippen molar-refractivity contribution in [1.82, 2.24) is 4.90 Å². The maximum absolute atomic E-state index is 6.25. The topological polar surface area (TPSA) is 30.9 Å².